The van der Waals surface area contributed by atoms with Gasteiger partial charge in [-0.05, 0) is 25.5 Å². The van der Waals surface area contributed by atoms with Gasteiger partial charge in [0.05, 0.1) is 41.6 Å². The van der Waals surface area contributed by atoms with E-state index >= 15 is 0 Å². The number of ether oxygens (including phenoxy) is 1. The quantitative estimate of drug-likeness (QED) is 0.697. The summed E-state index contributed by atoms with van der Waals surface area (Å²) in [6, 6.07) is 7.40. The summed E-state index contributed by atoms with van der Waals surface area (Å²) >= 11 is 0. The molecule has 160 valence electrons. The van der Waals surface area contributed by atoms with E-state index in [9.17, 15) is 8.78 Å². The van der Waals surface area contributed by atoms with Crippen LogP contribution in [0.2, 0.25) is 0 Å². The Labute approximate surface area is 178 Å². The summed E-state index contributed by atoms with van der Waals surface area (Å²) in [6.45, 7) is 4.74. The molecule has 2 aromatic heterocycles. The molecule has 0 aliphatic carbocycles. The van der Waals surface area contributed by atoms with Gasteiger partial charge in [0.25, 0.3) is 0 Å². The Kier molecular flexibility index (Phi) is 5.04. The maximum atomic E-state index is 14.9. The van der Waals surface area contributed by atoms with E-state index in [0.29, 0.717) is 36.9 Å². The molecule has 2 aliphatic heterocycles. The normalized spacial score (nSPS) is 22.2. The van der Waals surface area contributed by atoms with E-state index in [1.807, 2.05) is 6.92 Å². The second kappa shape index (κ2) is 7.87. The van der Waals surface area contributed by atoms with Gasteiger partial charge in [-0.2, -0.15) is 5.26 Å². The zero-order chi connectivity index (χ0) is 21.5. The van der Waals surface area contributed by atoms with E-state index in [2.05, 4.69) is 26.3 Å². The van der Waals surface area contributed by atoms with Crippen molar-refractivity contribution in [2.75, 3.05) is 31.1 Å². The molecule has 0 saturated carbocycles. The molecular weight excluding hydrogens is 402 g/mol. The molecule has 7 nitrogen and oxygen atoms in total. The highest BCUT2D eigenvalue weighted by Crippen LogP contribution is 2.33. The second-order valence-electron chi connectivity index (χ2n) is 8.00. The van der Waals surface area contributed by atoms with Crippen LogP contribution >= 0.6 is 0 Å². The number of nitrogens with zero attached hydrogens (tertiary/aromatic N) is 5. The van der Waals surface area contributed by atoms with Gasteiger partial charge in [0.1, 0.15) is 17.4 Å². The first kappa shape index (κ1) is 19.8. The van der Waals surface area contributed by atoms with E-state index in [1.165, 1.54) is 12.3 Å². The number of aromatic nitrogens is 3. The van der Waals surface area contributed by atoms with Crippen LogP contribution in [-0.2, 0) is 4.74 Å². The van der Waals surface area contributed by atoms with Gasteiger partial charge in [0.2, 0.25) is 5.95 Å². The van der Waals surface area contributed by atoms with Gasteiger partial charge < -0.3 is 15.0 Å². The molecule has 0 radical (unpaired) electrons. The van der Waals surface area contributed by atoms with Gasteiger partial charge in [0, 0.05) is 38.0 Å². The number of imidazole rings is 1. The minimum Gasteiger partial charge on any atom is -0.375 e. The lowest BCUT2D eigenvalue weighted by Crippen LogP contribution is -2.58. The largest absolute Gasteiger partial charge is 0.375 e. The number of anilines is 1. The predicted molar refractivity (Wildman–Crippen MR) is 111 cm³/mol. The summed E-state index contributed by atoms with van der Waals surface area (Å²) in [6.07, 6.45) is 2.46. The zero-order valence-corrected chi connectivity index (χ0v) is 17.1. The lowest BCUT2D eigenvalue weighted by Gasteiger charge is -2.42. The number of nitrogens with one attached hydrogen (secondary N) is 1. The minimum atomic E-state index is -0.664. The Hall–Kier alpha value is -3.09. The number of benzene rings is 1. The van der Waals surface area contributed by atoms with E-state index < -0.39 is 11.6 Å². The molecule has 9 heteroatoms. The van der Waals surface area contributed by atoms with Gasteiger partial charge in [-0.25, -0.2) is 13.8 Å². The van der Waals surface area contributed by atoms with E-state index in [4.69, 9.17) is 10.00 Å². The highest BCUT2D eigenvalue weighted by atomic mass is 19.1. The molecule has 1 aromatic carbocycles. The Morgan fingerprint density at radius 2 is 2.19 bits per heavy atom. The fraction of sp³-hybridized carbons (Fsp3) is 0.409. The average Bonchev–Trinajstić information content (AvgIpc) is 3.18. The molecule has 4 heterocycles. The molecule has 31 heavy (non-hydrogen) atoms. The number of piperidine rings is 1. The number of morpholine rings is 1. The number of hydrogen-bond acceptors (Lipinski definition) is 6. The van der Waals surface area contributed by atoms with Crippen molar-refractivity contribution in [2.45, 2.75) is 31.5 Å². The molecule has 5 rings (SSSR count). The highest BCUT2D eigenvalue weighted by molar-refractivity contribution is 5.80. The SMILES string of the molecule is C[C@H](c1ccc(C#N)cn1)n1c(N2CC[C@@H]3OCCN[C@H]3C2)nc2cc(F)cc(F)c21. The van der Waals surface area contributed by atoms with Crippen molar-refractivity contribution in [3.63, 3.8) is 0 Å². The number of rotatable bonds is 3. The first-order valence-electron chi connectivity index (χ1n) is 10.4. The van der Waals surface area contributed by atoms with Crippen LogP contribution in [-0.4, -0.2) is 52.9 Å². The number of halogens is 2. The van der Waals surface area contributed by atoms with Gasteiger partial charge in [-0.3, -0.25) is 9.55 Å². The van der Waals surface area contributed by atoms with Crippen molar-refractivity contribution in [2.24, 2.45) is 0 Å². The van der Waals surface area contributed by atoms with Crippen molar-refractivity contribution in [1.29, 1.82) is 5.26 Å². The third kappa shape index (κ3) is 3.52. The maximum Gasteiger partial charge on any atom is 0.207 e. The molecule has 2 aliphatic rings. The standard InChI is InChI=1S/C22H22F2N6O/c1-13(17-3-2-14(10-25)11-27-17)30-21-16(24)8-15(23)9-18(21)28-22(30)29-6-4-20-19(12-29)26-5-7-31-20/h2-3,8-9,11,13,19-20,26H,4-7,12H2,1H3/t13-,19+,20+/m1/s1. The molecule has 3 aromatic rings. The molecular formula is C22H22F2N6O. The van der Waals surface area contributed by atoms with Gasteiger partial charge >= 0.3 is 0 Å². The van der Waals surface area contributed by atoms with Crippen molar-refractivity contribution in [1.82, 2.24) is 19.9 Å². The third-order valence-electron chi connectivity index (χ3n) is 6.09. The number of pyridine rings is 1. The molecule has 3 atom stereocenters. The maximum absolute atomic E-state index is 14.9. The Balaban J connectivity index is 1.60. The monoisotopic (exact) mass is 424 g/mol. The lowest BCUT2D eigenvalue weighted by atomic mass is 10.0. The van der Waals surface area contributed by atoms with Gasteiger partial charge in [0.15, 0.2) is 5.82 Å². The molecule has 0 spiro atoms. The summed E-state index contributed by atoms with van der Waals surface area (Å²) in [5.74, 6) is -0.751. The van der Waals surface area contributed by atoms with Crippen molar-refractivity contribution in [3.05, 3.63) is 53.4 Å². The summed E-state index contributed by atoms with van der Waals surface area (Å²) in [7, 11) is 0. The fourth-order valence-electron chi connectivity index (χ4n) is 4.54. The lowest BCUT2D eigenvalue weighted by molar-refractivity contribution is -0.0137. The van der Waals surface area contributed by atoms with Gasteiger partial charge in [-0.15, -0.1) is 0 Å². The number of nitriles is 1. The fourth-order valence-corrected chi connectivity index (χ4v) is 4.54. The van der Waals surface area contributed by atoms with Crippen molar-refractivity contribution < 1.29 is 13.5 Å². The van der Waals surface area contributed by atoms with Crippen molar-refractivity contribution >= 4 is 17.0 Å². The molecule has 2 fully saturated rings. The van der Waals surface area contributed by atoms with Crippen LogP contribution in [0.3, 0.4) is 0 Å². The molecule has 2 saturated heterocycles. The van der Waals surface area contributed by atoms with E-state index in [-0.39, 0.29) is 29.2 Å². The topological polar surface area (TPSA) is 79.0 Å². The molecule has 1 N–H and O–H groups in total. The Bertz CT molecular complexity index is 1160. The van der Waals surface area contributed by atoms with Crippen LogP contribution in [0.5, 0.6) is 0 Å². The minimum absolute atomic E-state index is 0.148. The van der Waals surface area contributed by atoms with Crippen LogP contribution in [0, 0.1) is 23.0 Å². The summed E-state index contributed by atoms with van der Waals surface area (Å²) in [4.78, 5) is 11.1. The predicted octanol–water partition coefficient (Wildman–Crippen LogP) is 2.76. The Morgan fingerprint density at radius 1 is 1.32 bits per heavy atom. The number of hydrogen-bond donors (Lipinski definition) is 1. The summed E-state index contributed by atoms with van der Waals surface area (Å²) in [5, 5.41) is 12.5. The van der Waals surface area contributed by atoms with Crippen LogP contribution in [0.1, 0.15) is 30.6 Å². The third-order valence-corrected chi connectivity index (χ3v) is 6.09. The second-order valence-corrected chi connectivity index (χ2v) is 8.00. The van der Waals surface area contributed by atoms with Crippen LogP contribution in [0.4, 0.5) is 14.7 Å². The van der Waals surface area contributed by atoms with Crippen LogP contribution < -0.4 is 10.2 Å². The summed E-state index contributed by atoms with van der Waals surface area (Å²) < 4.78 is 36.5. The van der Waals surface area contributed by atoms with E-state index in [1.54, 1.807) is 16.7 Å². The van der Waals surface area contributed by atoms with Crippen molar-refractivity contribution in [3.8, 4) is 6.07 Å². The summed E-state index contributed by atoms with van der Waals surface area (Å²) in [5.41, 5.74) is 1.62. The molecule has 0 unspecified atom stereocenters. The Morgan fingerprint density at radius 3 is 2.97 bits per heavy atom. The van der Waals surface area contributed by atoms with Crippen LogP contribution in [0.15, 0.2) is 30.5 Å². The average molecular weight is 424 g/mol. The van der Waals surface area contributed by atoms with Crippen LogP contribution in [0.25, 0.3) is 11.0 Å². The first-order chi connectivity index (χ1) is 15.0. The van der Waals surface area contributed by atoms with E-state index in [0.717, 1.165) is 19.0 Å². The smallest absolute Gasteiger partial charge is 0.207 e. The molecule has 0 bridgehead atoms. The molecule has 0 amide bonds. The number of fused-ring (bicyclic) bond motifs is 2. The van der Waals surface area contributed by atoms with Gasteiger partial charge in [-0.1, -0.05) is 0 Å². The first-order valence-corrected chi connectivity index (χ1v) is 10.4. The zero-order valence-electron chi connectivity index (χ0n) is 17.1. The highest BCUT2D eigenvalue weighted by Gasteiger charge is 2.35.